The summed E-state index contributed by atoms with van der Waals surface area (Å²) in [6, 6.07) is 0. The molecule has 1 amide bonds. The van der Waals surface area contributed by atoms with Gasteiger partial charge in [0.25, 0.3) is 0 Å². The lowest BCUT2D eigenvalue weighted by Gasteiger charge is -2.33. The molecular formula is C13H25N2O5. The summed E-state index contributed by atoms with van der Waals surface area (Å²) in [6.45, 7) is 6.90. The molecule has 0 bridgehead atoms. The van der Waals surface area contributed by atoms with Crippen molar-refractivity contribution in [3.63, 3.8) is 0 Å². The van der Waals surface area contributed by atoms with Crippen LogP contribution in [0, 0.1) is 0 Å². The maximum atomic E-state index is 12.2. The van der Waals surface area contributed by atoms with Crippen LogP contribution in [0.15, 0.2) is 0 Å². The number of aliphatic hydroxyl groups excluding tert-OH is 2. The quantitative estimate of drug-likeness (QED) is 0.763. The first-order chi connectivity index (χ1) is 9.16. The second kappa shape index (κ2) is 6.26. The Bertz CT molecular complexity index is 340. The number of carbonyl (C=O) groups is 1. The van der Waals surface area contributed by atoms with Crippen LogP contribution in [0.5, 0.6) is 0 Å². The number of hydrogen-bond donors (Lipinski definition) is 2. The summed E-state index contributed by atoms with van der Waals surface area (Å²) in [5.74, 6) is 0. The van der Waals surface area contributed by atoms with Gasteiger partial charge in [-0.2, -0.15) is 0 Å². The topological polar surface area (TPSA) is 93.1 Å². The van der Waals surface area contributed by atoms with Crippen LogP contribution in [0.4, 0.5) is 4.79 Å². The van der Waals surface area contributed by atoms with E-state index in [0.29, 0.717) is 6.42 Å². The van der Waals surface area contributed by atoms with Crippen LogP contribution in [0.25, 0.3) is 0 Å². The van der Waals surface area contributed by atoms with Crippen molar-refractivity contribution in [1.82, 2.24) is 9.96 Å². The van der Waals surface area contributed by atoms with Crippen LogP contribution in [-0.2, 0) is 9.94 Å². The van der Waals surface area contributed by atoms with E-state index in [1.165, 1.54) is 4.90 Å². The highest BCUT2D eigenvalue weighted by molar-refractivity contribution is 5.68. The number of aliphatic hydroxyl groups is 2. The maximum absolute atomic E-state index is 12.2. The second-order valence-corrected chi connectivity index (χ2v) is 6.27. The Morgan fingerprint density at radius 3 is 2.10 bits per heavy atom. The zero-order valence-corrected chi connectivity index (χ0v) is 12.6. The minimum atomic E-state index is -0.802. The van der Waals surface area contributed by atoms with E-state index in [-0.39, 0.29) is 26.3 Å². The summed E-state index contributed by atoms with van der Waals surface area (Å²) in [5.41, 5.74) is -1.39. The van der Waals surface area contributed by atoms with Crippen LogP contribution in [-0.4, -0.2) is 69.8 Å². The van der Waals surface area contributed by atoms with E-state index in [4.69, 9.17) is 14.9 Å². The molecule has 1 atom stereocenters. The first kappa shape index (κ1) is 17.2. The summed E-state index contributed by atoms with van der Waals surface area (Å²) < 4.78 is 5.42. The highest BCUT2D eigenvalue weighted by atomic mass is 16.6. The first-order valence-corrected chi connectivity index (χ1v) is 6.81. The molecule has 0 saturated carbocycles. The van der Waals surface area contributed by atoms with Gasteiger partial charge in [-0.3, -0.25) is 0 Å². The lowest BCUT2D eigenvalue weighted by Crippen LogP contribution is -2.49. The lowest BCUT2D eigenvalue weighted by atomic mass is 9.97. The second-order valence-electron chi connectivity index (χ2n) is 6.27. The Labute approximate surface area is 119 Å². The largest absolute Gasteiger partial charge is 0.444 e. The average Bonchev–Trinajstić information content (AvgIpc) is 2.50. The first-order valence-electron chi connectivity index (χ1n) is 6.81. The summed E-state index contributed by atoms with van der Waals surface area (Å²) >= 11 is 0. The van der Waals surface area contributed by atoms with Crippen molar-refractivity contribution < 1.29 is 25.0 Å². The molecule has 1 rings (SSSR count). The van der Waals surface area contributed by atoms with Crippen molar-refractivity contribution in [3.8, 4) is 0 Å². The van der Waals surface area contributed by atoms with Crippen molar-refractivity contribution >= 4 is 6.09 Å². The van der Waals surface area contributed by atoms with Gasteiger partial charge in [0.15, 0.2) is 0 Å². The molecule has 0 aromatic rings. The molecule has 1 heterocycles. The van der Waals surface area contributed by atoms with Gasteiger partial charge in [-0.25, -0.2) is 4.79 Å². The Hall–Kier alpha value is -0.890. The molecule has 7 nitrogen and oxygen atoms in total. The van der Waals surface area contributed by atoms with Crippen LogP contribution >= 0.6 is 0 Å². The third-order valence-corrected chi connectivity index (χ3v) is 3.79. The smallest absolute Gasteiger partial charge is 0.410 e. The predicted molar refractivity (Wildman–Crippen MR) is 71.3 cm³/mol. The number of nitrogens with zero attached hydrogens (tertiary/aromatic N) is 2. The Balaban J connectivity index is 2.74. The van der Waals surface area contributed by atoms with Crippen molar-refractivity contribution in [2.24, 2.45) is 0 Å². The van der Waals surface area contributed by atoms with Crippen LogP contribution in [0.1, 0.15) is 34.1 Å². The molecule has 0 spiro atoms. The molecule has 1 aliphatic heterocycles. The fraction of sp³-hybridized carbons (Fsp3) is 0.923. The van der Waals surface area contributed by atoms with Crippen molar-refractivity contribution in [1.29, 1.82) is 0 Å². The summed E-state index contributed by atoms with van der Waals surface area (Å²) in [4.78, 5) is 13.3. The van der Waals surface area contributed by atoms with E-state index in [1.807, 2.05) is 13.8 Å². The molecule has 2 N–H and O–H groups in total. The third-order valence-electron chi connectivity index (χ3n) is 3.79. The number of hydroxylamine groups is 2. The maximum Gasteiger partial charge on any atom is 0.410 e. The molecule has 20 heavy (non-hydrogen) atoms. The third kappa shape index (κ3) is 3.41. The zero-order valence-electron chi connectivity index (χ0n) is 12.6. The number of rotatable bonds is 5. The van der Waals surface area contributed by atoms with Crippen LogP contribution in [0.3, 0.4) is 0 Å². The zero-order chi connectivity index (χ0) is 15.6. The molecule has 1 saturated heterocycles. The van der Waals surface area contributed by atoms with Gasteiger partial charge in [-0.05, 0) is 27.7 Å². The molecule has 1 radical (unpaired) electrons. The van der Waals surface area contributed by atoms with E-state index >= 15 is 0 Å². The van der Waals surface area contributed by atoms with Crippen molar-refractivity contribution in [2.75, 3.05) is 26.3 Å². The van der Waals surface area contributed by atoms with Gasteiger partial charge < -0.3 is 19.8 Å². The van der Waals surface area contributed by atoms with Gasteiger partial charge in [0.2, 0.25) is 0 Å². The fourth-order valence-electron chi connectivity index (χ4n) is 2.62. The van der Waals surface area contributed by atoms with Crippen molar-refractivity contribution in [3.05, 3.63) is 0 Å². The Kier molecular flexibility index (Phi) is 5.37. The molecule has 1 unspecified atom stereocenters. The highest BCUT2D eigenvalue weighted by Gasteiger charge is 2.54. The molecular weight excluding hydrogens is 264 g/mol. The van der Waals surface area contributed by atoms with E-state index in [9.17, 15) is 10.0 Å². The summed E-state index contributed by atoms with van der Waals surface area (Å²) in [6.07, 6.45) is -0.693. The molecule has 1 aliphatic rings. The lowest BCUT2D eigenvalue weighted by molar-refractivity contribution is -0.251. The van der Waals surface area contributed by atoms with Gasteiger partial charge in [-0.15, -0.1) is 10.3 Å². The molecule has 7 heteroatoms. The van der Waals surface area contributed by atoms with Gasteiger partial charge in [0.05, 0.1) is 18.8 Å². The average molecular weight is 289 g/mol. The van der Waals surface area contributed by atoms with Crippen molar-refractivity contribution in [2.45, 2.75) is 51.3 Å². The Morgan fingerprint density at radius 1 is 1.25 bits per heavy atom. The molecule has 0 aromatic heterocycles. The SMILES string of the molecule is CC1(C)CC(OC(=O)N(CCO)CCO)C(C)(C)N1[O]. The minimum Gasteiger partial charge on any atom is -0.444 e. The van der Waals surface area contributed by atoms with E-state index in [1.54, 1.807) is 13.8 Å². The molecule has 1 fully saturated rings. The molecule has 0 aliphatic carbocycles. The van der Waals surface area contributed by atoms with E-state index in [0.717, 1.165) is 5.06 Å². The van der Waals surface area contributed by atoms with E-state index in [2.05, 4.69) is 0 Å². The van der Waals surface area contributed by atoms with Gasteiger partial charge in [0, 0.05) is 25.0 Å². The van der Waals surface area contributed by atoms with Gasteiger partial charge >= 0.3 is 6.09 Å². The van der Waals surface area contributed by atoms with Gasteiger partial charge in [0.1, 0.15) is 6.10 Å². The monoisotopic (exact) mass is 289 g/mol. The van der Waals surface area contributed by atoms with Crippen LogP contribution < -0.4 is 0 Å². The highest BCUT2D eigenvalue weighted by Crippen LogP contribution is 2.41. The summed E-state index contributed by atoms with van der Waals surface area (Å²) in [7, 11) is 0. The minimum absolute atomic E-state index is 0.0943. The van der Waals surface area contributed by atoms with E-state index < -0.39 is 23.3 Å². The fourth-order valence-corrected chi connectivity index (χ4v) is 2.62. The normalized spacial score (nSPS) is 24.6. The van der Waals surface area contributed by atoms with Crippen LogP contribution in [0.2, 0.25) is 0 Å². The molecule has 117 valence electrons. The number of amides is 1. The number of hydrogen-bond acceptors (Lipinski definition) is 5. The summed E-state index contributed by atoms with van der Waals surface area (Å²) in [5, 5.41) is 31.0. The standard InChI is InChI=1S/C13H25N2O5/c1-12(2)9-10(13(3,4)15(12)19)20-11(18)14(5-7-16)6-8-17/h10,16-17H,5-9H2,1-4H3. The van der Waals surface area contributed by atoms with Gasteiger partial charge in [-0.1, -0.05) is 0 Å². The number of ether oxygens (including phenoxy) is 1. The predicted octanol–water partition coefficient (Wildman–Crippen LogP) is 0.387. The molecule has 0 aromatic carbocycles. The Morgan fingerprint density at radius 2 is 1.75 bits per heavy atom. The number of carbonyl (C=O) groups excluding carboxylic acids is 1.